The van der Waals surface area contributed by atoms with Gasteiger partial charge in [0.1, 0.15) is 11.6 Å². The maximum Gasteiger partial charge on any atom is 0.129 e. The highest BCUT2D eigenvalue weighted by Crippen LogP contribution is 2.32. The Morgan fingerprint density at radius 2 is 1.46 bits per heavy atom. The molecule has 0 N–H and O–H groups in total. The van der Waals surface area contributed by atoms with Crippen LogP contribution in [0.1, 0.15) is 11.1 Å². The van der Waals surface area contributed by atoms with E-state index in [2.05, 4.69) is 4.98 Å². The largest absolute Gasteiger partial charge is 0.256 e. The van der Waals surface area contributed by atoms with Crippen molar-refractivity contribution in [3.63, 3.8) is 0 Å². The molecule has 3 heteroatoms. The number of pyridine rings is 1. The minimum Gasteiger partial charge on any atom is -0.256 e. The Morgan fingerprint density at radius 1 is 0.731 bits per heavy atom. The fourth-order valence-corrected chi connectivity index (χ4v) is 3.34. The van der Waals surface area contributed by atoms with Crippen molar-refractivity contribution in [2.45, 2.75) is 13.8 Å². The molecule has 0 aliphatic carbocycles. The van der Waals surface area contributed by atoms with Gasteiger partial charge in [-0.05, 0) is 77.9 Å². The highest BCUT2D eigenvalue weighted by atomic mass is 19.1. The Bertz CT molecular complexity index is 1110. The van der Waals surface area contributed by atoms with E-state index in [1.165, 1.54) is 12.1 Å². The molecule has 0 atom stereocenters. The highest BCUT2D eigenvalue weighted by molar-refractivity contribution is 5.96. The van der Waals surface area contributed by atoms with Gasteiger partial charge in [0.25, 0.3) is 0 Å². The highest BCUT2D eigenvalue weighted by Gasteiger charge is 2.11. The van der Waals surface area contributed by atoms with Gasteiger partial charge in [-0.2, -0.15) is 0 Å². The van der Waals surface area contributed by atoms with Crippen LogP contribution in [0.2, 0.25) is 0 Å². The SMILES string of the molecule is Cc1cc(-c2nccc3cc(-c4cccc(F)c4)ccc23)cc(C)c1F. The first kappa shape index (κ1) is 16.4. The lowest BCUT2D eigenvalue weighted by molar-refractivity contribution is 0.609. The lowest BCUT2D eigenvalue weighted by atomic mass is 9.97. The molecule has 0 aliphatic rings. The van der Waals surface area contributed by atoms with E-state index in [1.807, 2.05) is 42.5 Å². The molecule has 0 unspecified atom stereocenters. The second-order valence-electron chi connectivity index (χ2n) is 6.53. The third kappa shape index (κ3) is 2.86. The Balaban J connectivity index is 1.88. The van der Waals surface area contributed by atoms with Gasteiger partial charge in [-0.3, -0.25) is 4.98 Å². The number of halogens is 2. The first-order chi connectivity index (χ1) is 12.5. The zero-order valence-electron chi connectivity index (χ0n) is 14.6. The smallest absolute Gasteiger partial charge is 0.129 e. The van der Waals surface area contributed by atoms with E-state index in [0.717, 1.165) is 33.2 Å². The van der Waals surface area contributed by atoms with Crippen LogP contribution in [0.3, 0.4) is 0 Å². The second kappa shape index (κ2) is 6.34. The van der Waals surface area contributed by atoms with E-state index in [0.29, 0.717) is 11.1 Å². The van der Waals surface area contributed by atoms with Crippen LogP contribution in [-0.4, -0.2) is 4.98 Å². The van der Waals surface area contributed by atoms with Gasteiger partial charge in [0.2, 0.25) is 0 Å². The molecule has 26 heavy (non-hydrogen) atoms. The van der Waals surface area contributed by atoms with Gasteiger partial charge < -0.3 is 0 Å². The van der Waals surface area contributed by atoms with Gasteiger partial charge in [-0.15, -0.1) is 0 Å². The fourth-order valence-electron chi connectivity index (χ4n) is 3.34. The number of aryl methyl sites for hydroxylation is 2. The van der Waals surface area contributed by atoms with E-state index in [-0.39, 0.29) is 11.6 Å². The molecular formula is C23H17F2N. The molecule has 4 aromatic rings. The lowest BCUT2D eigenvalue weighted by Crippen LogP contribution is -1.92. The molecule has 0 fully saturated rings. The summed E-state index contributed by atoms with van der Waals surface area (Å²) in [6, 6.07) is 18.1. The quantitative estimate of drug-likeness (QED) is 0.406. The summed E-state index contributed by atoms with van der Waals surface area (Å²) < 4.78 is 27.5. The monoisotopic (exact) mass is 345 g/mol. The summed E-state index contributed by atoms with van der Waals surface area (Å²) in [5.74, 6) is -0.433. The second-order valence-corrected chi connectivity index (χ2v) is 6.53. The zero-order chi connectivity index (χ0) is 18.3. The fraction of sp³-hybridized carbons (Fsp3) is 0.0870. The van der Waals surface area contributed by atoms with Crippen LogP contribution in [0, 0.1) is 25.5 Å². The van der Waals surface area contributed by atoms with Crippen LogP contribution in [0.5, 0.6) is 0 Å². The van der Waals surface area contributed by atoms with Gasteiger partial charge >= 0.3 is 0 Å². The summed E-state index contributed by atoms with van der Waals surface area (Å²) in [7, 11) is 0. The van der Waals surface area contributed by atoms with Crippen molar-refractivity contribution in [2.75, 3.05) is 0 Å². The Morgan fingerprint density at radius 3 is 2.19 bits per heavy atom. The Labute approximate surface area is 151 Å². The van der Waals surface area contributed by atoms with E-state index in [9.17, 15) is 8.78 Å². The standard InChI is InChI=1S/C23H17F2N/c1-14-10-19(11-15(2)22(14)25)23-21-7-6-17(12-18(21)8-9-26-23)16-4-3-5-20(24)13-16/h3-13H,1-2H3. The molecule has 4 rings (SSSR count). The molecule has 128 valence electrons. The van der Waals surface area contributed by atoms with Crippen molar-refractivity contribution in [3.8, 4) is 22.4 Å². The van der Waals surface area contributed by atoms with Gasteiger partial charge in [-0.25, -0.2) is 8.78 Å². The lowest BCUT2D eigenvalue weighted by Gasteiger charge is -2.10. The third-order valence-electron chi connectivity index (χ3n) is 4.63. The molecule has 0 aliphatic heterocycles. The first-order valence-electron chi connectivity index (χ1n) is 8.45. The topological polar surface area (TPSA) is 12.9 Å². The van der Waals surface area contributed by atoms with Crippen molar-refractivity contribution in [3.05, 3.63) is 89.6 Å². The number of benzene rings is 3. The summed E-state index contributed by atoms with van der Waals surface area (Å²) in [6.07, 6.45) is 1.75. The number of aromatic nitrogens is 1. The summed E-state index contributed by atoms with van der Waals surface area (Å²) in [6.45, 7) is 3.53. The summed E-state index contributed by atoms with van der Waals surface area (Å²) in [4.78, 5) is 4.52. The maximum atomic E-state index is 14.0. The number of rotatable bonds is 2. The number of hydrogen-bond acceptors (Lipinski definition) is 1. The Hall–Kier alpha value is -3.07. The average molecular weight is 345 g/mol. The number of hydrogen-bond donors (Lipinski definition) is 0. The van der Waals surface area contributed by atoms with Crippen LogP contribution >= 0.6 is 0 Å². The summed E-state index contributed by atoms with van der Waals surface area (Å²) >= 11 is 0. The number of fused-ring (bicyclic) bond motifs is 1. The molecule has 1 nitrogen and oxygen atoms in total. The molecular weight excluding hydrogens is 328 g/mol. The molecule has 0 amide bonds. The number of nitrogens with zero attached hydrogens (tertiary/aromatic N) is 1. The van der Waals surface area contributed by atoms with Gasteiger partial charge in [0.15, 0.2) is 0 Å². The molecule has 1 aromatic heterocycles. The van der Waals surface area contributed by atoms with Gasteiger partial charge in [0.05, 0.1) is 5.69 Å². The molecule has 0 saturated heterocycles. The summed E-state index contributed by atoms with van der Waals surface area (Å²) in [5.41, 5.74) is 4.70. The van der Waals surface area contributed by atoms with Crippen molar-refractivity contribution in [1.82, 2.24) is 4.98 Å². The molecule has 1 heterocycles. The van der Waals surface area contributed by atoms with Gasteiger partial charge in [0, 0.05) is 17.1 Å². The van der Waals surface area contributed by atoms with Crippen LogP contribution in [0.4, 0.5) is 8.78 Å². The van der Waals surface area contributed by atoms with Crippen LogP contribution in [-0.2, 0) is 0 Å². The maximum absolute atomic E-state index is 14.0. The third-order valence-corrected chi connectivity index (χ3v) is 4.63. The van der Waals surface area contributed by atoms with E-state index in [4.69, 9.17) is 0 Å². The first-order valence-corrected chi connectivity index (χ1v) is 8.45. The molecule has 3 aromatic carbocycles. The average Bonchev–Trinajstić information content (AvgIpc) is 2.64. The van der Waals surface area contributed by atoms with E-state index >= 15 is 0 Å². The predicted octanol–water partition coefficient (Wildman–Crippen LogP) is 6.46. The van der Waals surface area contributed by atoms with E-state index < -0.39 is 0 Å². The predicted molar refractivity (Wildman–Crippen MR) is 102 cm³/mol. The minimum atomic E-state index is -0.254. The minimum absolute atomic E-state index is 0.178. The van der Waals surface area contributed by atoms with Gasteiger partial charge in [-0.1, -0.05) is 24.3 Å². The zero-order valence-corrected chi connectivity index (χ0v) is 14.6. The Kier molecular flexibility index (Phi) is 4.00. The van der Waals surface area contributed by atoms with E-state index in [1.54, 1.807) is 26.1 Å². The van der Waals surface area contributed by atoms with Crippen LogP contribution < -0.4 is 0 Å². The molecule has 0 bridgehead atoms. The van der Waals surface area contributed by atoms with Crippen molar-refractivity contribution >= 4 is 10.8 Å². The normalized spacial score (nSPS) is 11.1. The van der Waals surface area contributed by atoms with Crippen molar-refractivity contribution in [2.24, 2.45) is 0 Å². The summed E-state index contributed by atoms with van der Waals surface area (Å²) in [5, 5.41) is 1.99. The van der Waals surface area contributed by atoms with Crippen LogP contribution in [0.15, 0.2) is 66.9 Å². The molecule has 0 saturated carbocycles. The van der Waals surface area contributed by atoms with Crippen molar-refractivity contribution < 1.29 is 8.78 Å². The van der Waals surface area contributed by atoms with Crippen LogP contribution in [0.25, 0.3) is 33.2 Å². The molecule has 0 radical (unpaired) electrons. The van der Waals surface area contributed by atoms with Crippen molar-refractivity contribution in [1.29, 1.82) is 0 Å². The molecule has 0 spiro atoms.